The summed E-state index contributed by atoms with van der Waals surface area (Å²) < 4.78 is 5.04. The summed E-state index contributed by atoms with van der Waals surface area (Å²) in [5.74, 6) is 0. The predicted molar refractivity (Wildman–Crippen MR) is 398 cm³/mol. The molecule has 0 saturated carbocycles. The molecule has 94 heavy (non-hydrogen) atoms. The molecule has 6 nitrogen and oxygen atoms in total. The lowest BCUT2D eigenvalue weighted by molar-refractivity contribution is 1.13. The smallest absolute Gasteiger partial charge is 0.0622 e. The first kappa shape index (κ1) is 54.8. The van der Waals surface area contributed by atoms with Crippen molar-refractivity contribution in [3.05, 3.63) is 349 Å². The highest BCUT2D eigenvalue weighted by Crippen LogP contribution is 2.53. The molecule has 0 aliphatic rings. The predicted octanol–water partition coefficient (Wildman–Crippen LogP) is 24.4. The van der Waals surface area contributed by atoms with E-state index in [4.69, 9.17) is 0 Å². The van der Waals surface area contributed by atoms with Crippen molar-refractivity contribution in [2.75, 3.05) is 19.6 Å². The van der Waals surface area contributed by atoms with Crippen molar-refractivity contribution in [2.24, 2.45) is 0 Å². The van der Waals surface area contributed by atoms with Crippen LogP contribution in [0.4, 0.5) is 68.2 Å². The Hall–Kier alpha value is -12.1. The quantitative estimate of drug-likeness (QED) is 0.108. The van der Waals surface area contributed by atoms with Gasteiger partial charge in [-0.15, -0.1) is 0 Å². The summed E-state index contributed by atoms with van der Waals surface area (Å²) in [5, 5.41) is 9.81. The van der Waals surface area contributed by atoms with Crippen LogP contribution in [-0.4, -0.2) is 8.80 Å². The van der Waals surface area contributed by atoms with Gasteiger partial charge in [-0.1, -0.05) is 188 Å². The van der Waals surface area contributed by atoms with Crippen LogP contribution in [-0.2, 0) is 6.42 Å². The van der Waals surface area contributed by atoms with Crippen molar-refractivity contribution in [3.63, 3.8) is 0 Å². The molecule has 0 amide bonds. The van der Waals surface area contributed by atoms with E-state index >= 15 is 0 Å². The van der Waals surface area contributed by atoms with Gasteiger partial charge in [0.2, 0.25) is 0 Å². The first-order chi connectivity index (χ1) is 46.4. The molecule has 4 heterocycles. The van der Waals surface area contributed by atoms with E-state index < -0.39 is 0 Å². The van der Waals surface area contributed by atoms with Crippen LogP contribution in [0.3, 0.4) is 0 Å². The number of hydrogen-bond acceptors (Lipinski definition) is 4. The van der Waals surface area contributed by atoms with E-state index in [2.05, 4.69) is 371 Å². The zero-order valence-corrected chi connectivity index (χ0v) is 52.5. The van der Waals surface area contributed by atoms with Crippen molar-refractivity contribution < 1.29 is 0 Å². The average molecular weight is 1210 g/mol. The molecule has 14 aromatic carbocycles. The van der Waals surface area contributed by atoms with Gasteiger partial charge in [0.1, 0.15) is 0 Å². The van der Waals surface area contributed by atoms with Crippen LogP contribution < -0.4 is 19.6 Å². The van der Waals surface area contributed by atoms with E-state index in [9.17, 15) is 0 Å². The maximum absolute atomic E-state index is 2.52. The molecule has 6 heteroatoms. The monoisotopic (exact) mass is 1200 g/mol. The van der Waals surface area contributed by atoms with Crippen molar-refractivity contribution in [3.8, 4) is 0 Å². The van der Waals surface area contributed by atoms with Gasteiger partial charge in [0.05, 0.1) is 55.8 Å². The van der Waals surface area contributed by atoms with E-state index in [0.717, 1.165) is 74.7 Å². The fraction of sp³-hybridized carbons (Fsp3) is 0.0455. The van der Waals surface area contributed by atoms with Crippen molar-refractivity contribution in [1.82, 2.24) is 8.80 Å². The SMILES string of the molecule is Cc1cccc(N(c2ccccc2)c2cccc3c2c2cccc4c5c(N(c6ccccc6)c6ccc(Cc7ccccc7N(c7ccccc7)c7cccc8c7c7cccc9c%10c(N(c%11ccccc%11)c%11ccccc%11C)cccc%10n8c97)c(C)c6)cccc5n3c24)c1. The first-order valence-electron chi connectivity index (χ1n) is 32.6. The highest BCUT2D eigenvalue weighted by Gasteiger charge is 2.29. The maximum atomic E-state index is 2.52. The van der Waals surface area contributed by atoms with Gasteiger partial charge in [-0.25, -0.2) is 0 Å². The van der Waals surface area contributed by atoms with Crippen LogP contribution >= 0.6 is 0 Å². The zero-order valence-electron chi connectivity index (χ0n) is 52.5. The molecule has 0 atom stereocenters. The Balaban J connectivity index is 0.753. The van der Waals surface area contributed by atoms with Crippen LogP contribution in [0.5, 0.6) is 0 Å². The molecule has 0 saturated heterocycles. The van der Waals surface area contributed by atoms with E-state index in [-0.39, 0.29) is 0 Å². The second-order valence-corrected chi connectivity index (χ2v) is 25.0. The van der Waals surface area contributed by atoms with E-state index in [1.807, 2.05) is 0 Å². The molecule has 0 fully saturated rings. The van der Waals surface area contributed by atoms with Crippen LogP contribution in [0, 0.1) is 20.8 Å². The van der Waals surface area contributed by atoms with Gasteiger partial charge in [-0.2, -0.15) is 0 Å². The number of rotatable bonds is 14. The second-order valence-electron chi connectivity index (χ2n) is 25.0. The summed E-state index contributed by atoms with van der Waals surface area (Å²) >= 11 is 0. The number of hydrogen-bond donors (Lipinski definition) is 0. The summed E-state index contributed by atoms with van der Waals surface area (Å²) in [6, 6.07) is 118. The normalized spacial score (nSPS) is 11.8. The Kier molecular flexibility index (Phi) is 12.9. The molecule has 0 N–H and O–H groups in total. The lowest BCUT2D eigenvalue weighted by atomic mass is 9.97. The number of aromatic nitrogens is 2. The fourth-order valence-corrected chi connectivity index (χ4v) is 15.5. The molecule has 0 radical (unpaired) electrons. The Morgan fingerprint density at radius 3 is 1.01 bits per heavy atom. The third-order valence-electron chi connectivity index (χ3n) is 19.5. The van der Waals surface area contributed by atoms with Gasteiger partial charge in [0.25, 0.3) is 0 Å². The van der Waals surface area contributed by atoms with Gasteiger partial charge in [-0.05, 0) is 188 Å². The molecule has 0 aliphatic heterocycles. The van der Waals surface area contributed by atoms with Gasteiger partial charge >= 0.3 is 0 Å². The molecular weight excluding hydrogens is 1140 g/mol. The van der Waals surface area contributed by atoms with E-state index in [1.54, 1.807) is 0 Å². The minimum atomic E-state index is 0.729. The second kappa shape index (κ2) is 22.1. The van der Waals surface area contributed by atoms with Crippen molar-refractivity contribution in [2.45, 2.75) is 27.2 Å². The summed E-state index contributed by atoms with van der Waals surface area (Å²) in [6.45, 7) is 6.67. The molecule has 446 valence electrons. The third-order valence-corrected chi connectivity index (χ3v) is 19.5. The lowest BCUT2D eigenvalue weighted by Crippen LogP contribution is -2.13. The van der Waals surface area contributed by atoms with E-state index in [0.29, 0.717) is 0 Å². The number of para-hydroxylation sites is 8. The maximum Gasteiger partial charge on any atom is 0.0622 e. The van der Waals surface area contributed by atoms with Crippen molar-refractivity contribution >= 4 is 144 Å². The Morgan fingerprint density at radius 1 is 0.234 bits per heavy atom. The van der Waals surface area contributed by atoms with Crippen molar-refractivity contribution in [1.29, 1.82) is 0 Å². The number of aryl methyl sites for hydroxylation is 3. The molecule has 0 bridgehead atoms. The minimum absolute atomic E-state index is 0.729. The number of nitrogens with zero attached hydrogens (tertiary/aromatic N) is 6. The molecule has 0 unspecified atom stereocenters. The van der Waals surface area contributed by atoms with E-state index in [1.165, 1.54) is 104 Å². The lowest BCUT2D eigenvalue weighted by Gasteiger charge is -2.29. The number of fused-ring (bicyclic) bond motifs is 12. The van der Waals surface area contributed by atoms with Gasteiger partial charge < -0.3 is 28.4 Å². The van der Waals surface area contributed by atoms with Crippen LogP contribution in [0.2, 0.25) is 0 Å². The Bertz CT molecular complexity index is 5890. The first-order valence-corrected chi connectivity index (χ1v) is 32.6. The Morgan fingerprint density at radius 2 is 0.574 bits per heavy atom. The molecule has 0 spiro atoms. The van der Waals surface area contributed by atoms with Crippen LogP contribution in [0.1, 0.15) is 27.8 Å². The van der Waals surface area contributed by atoms with Gasteiger partial charge in [-0.3, -0.25) is 0 Å². The summed E-state index contributed by atoms with van der Waals surface area (Å²) in [7, 11) is 0. The van der Waals surface area contributed by atoms with Crippen LogP contribution in [0.15, 0.2) is 322 Å². The Labute approximate surface area is 546 Å². The molecule has 0 aliphatic carbocycles. The minimum Gasteiger partial charge on any atom is -0.310 e. The largest absolute Gasteiger partial charge is 0.310 e. The molecule has 4 aromatic heterocycles. The highest BCUT2D eigenvalue weighted by molar-refractivity contribution is 6.30. The summed E-state index contributed by atoms with van der Waals surface area (Å²) in [4.78, 5) is 9.83. The van der Waals surface area contributed by atoms with Crippen LogP contribution in [0.25, 0.3) is 76.2 Å². The summed E-state index contributed by atoms with van der Waals surface area (Å²) in [5.41, 5.74) is 26.9. The standard InChI is InChI=1S/C88H64N6/c1-58-27-20-38-67(55-58)89(63-30-8-4-9-31-63)75-45-23-49-79-83(75)69-39-21-40-70-84-76(46-24-50-80(84)93(79)87(69)70)90(64-32-10-5-11-33-64)68-54-53-61(60(3)56-68)57-62-29-17-19-44-74(62)92(66-36-14-7-15-37-66)78-48-26-52-82-86(78)72-42-22-41-71-85-77(47-25-51-81(85)94(82)88(71)72)91(65-34-12-6-13-35-65)73-43-18-16-28-59(73)2/h4-56H,57H2,1-3H3. The van der Waals surface area contributed by atoms with Gasteiger partial charge in [0, 0.05) is 88.6 Å². The summed E-state index contributed by atoms with van der Waals surface area (Å²) in [6.07, 6.45) is 0.729. The fourth-order valence-electron chi connectivity index (χ4n) is 15.5. The molecule has 18 aromatic rings. The zero-order chi connectivity index (χ0) is 62.5. The average Bonchev–Trinajstić information content (AvgIpc) is 1.54. The number of anilines is 12. The topological polar surface area (TPSA) is 21.8 Å². The third kappa shape index (κ3) is 8.57. The van der Waals surface area contributed by atoms with Gasteiger partial charge in [0.15, 0.2) is 0 Å². The molecule has 18 rings (SSSR count). The molecular formula is C88H64N6. The number of benzene rings is 14. The highest BCUT2D eigenvalue weighted by atomic mass is 15.2.